The average molecular weight is 264 g/mol. The van der Waals surface area contributed by atoms with Crippen LogP contribution >= 0.6 is 0 Å². The third-order valence-corrected chi connectivity index (χ3v) is 3.72. The molecule has 2 rings (SSSR count). The van der Waals surface area contributed by atoms with E-state index in [1.807, 2.05) is 12.1 Å². The summed E-state index contributed by atoms with van der Waals surface area (Å²) < 4.78 is 5.37. The van der Waals surface area contributed by atoms with Gasteiger partial charge in [-0.3, -0.25) is 9.80 Å². The van der Waals surface area contributed by atoms with E-state index in [4.69, 9.17) is 4.74 Å². The van der Waals surface area contributed by atoms with Gasteiger partial charge >= 0.3 is 0 Å². The molecule has 1 atom stereocenters. The van der Waals surface area contributed by atoms with Crippen LogP contribution in [-0.4, -0.2) is 60.8 Å². The van der Waals surface area contributed by atoms with Gasteiger partial charge < -0.3 is 9.84 Å². The minimum Gasteiger partial charge on any atom is -0.508 e. The molecular weight excluding hydrogens is 240 g/mol. The van der Waals surface area contributed by atoms with Crippen LogP contribution in [0.5, 0.6) is 5.75 Å². The summed E-state index contributed by atoms with van der Waals surface area (Å²) in [5, 5.41) is 9.48. The Morgan fingerprint density at radius 3 is 2.79 bits per heavy atom. The number of ether oxygens (including phenoxy) is 1. The quantitative estimate of drug-likeness (QED) is 0.875. The fourth-order valence-corrected chi connectivity index (χ4v) is 2.40. The Labute approximate surface area is 115 Å². The molecule has 1 aliphatic heterocycles. The summed E-state index contributed by atoms with van der Waals surface area (Å²) in [6.45, 7) is 7.94. The molecule has 0 aromatic heterocycles. The fourth-order valence-electron chi connectivity index (χ4n) is 2.40. The smallest absolute Gasteiger partial charge is 0.115 e. The zero-order valence-corrected chi connectivity index (χ0v) is 11.9. The van der Waals surface area contributed by atoms with Crippen LogP contribution in [0.25, 0.3) is 0 Å². The number of hydrogen-bond donors (Lipinski definition) is 1. The van der Waals surface area contributed by atoms with Gasteiger partial charge in [0.25, 0.3) is 0 Å². The predicted octanol–water partition coefficient (Wildman–Crippen LogP) is 1.54. The van der Waals surface area contributed by atoms with Gasteiger partial charge in [-0.25, -0.2) is 0 Å². The lowest BCUT2D eigenvalue weighted by Crippen LogP contribution is -2.44. The first kappa shape index (κ1) is 14.3. The molecule has 0 saturated carbocycles. The highest BCUT2D eigenvalue weighted by Gasteiger charge is 2.16. The van der Waals surface area contributed by atoms with Crippen molar-refractivity contribution < 1.29 is 9.84 Å². The molecule has 0 spiro atoms. The maximum atomic E-state index is 9.48. The van der Waals surface area contributed by atoms with Gasteiger partial charge in [0, 0.05) is 32.2 Å². The van der Waals surface area contributed by atoms with E-state index in [1.165, 1.54) is 0 Å². The van der Waals surface area contributed by atoms with Crippen LogP contribution in [0.3, 0.4) is 0 Å². The monoisotopic (exact) mass is 264 g/mol. The topological polar surface area (TPSA) is 35.9 Å². The fraction of sp³-hybridized carbons (Fsp3) is 0.600. The molecule has 1 aromatic rings. The third kappa shape index (κ3) is 4.49. The second-order valence-electron chi connectivity index (χ2n) is 5.35. The SMILES string of the molecule is C[C@@H](CN1CCOCC1)N(C)Cc1cccc(O)c1. The molecule has 0 amide bonds. The molecular formula is C15H24N2O2. The summed E-state index contributed by atoms with van der Waals surface area (Å²) in [4.78, 5) is 4.78. The summed E-state index contributed by atoms with van der Waals surface area (Å²) in [6.07, 6.45) is 0. The van der Waals surface area contributed by atoms with Crippen LogP contribution in [-0.2, 0) is 11.3 Å². The molecule has 1 saturated heterocycles. The second kappa shape index (κ2) is 6.89. The Bertz CT molecular complexity index is 391. The van der Waals surface area contributed by atoms with Crippen molar-refractivity contribution in [1.82, 2.24) is 9.80 Å². The zero-order valence-electron chi connectivity index (χ0n) is 11.9. The highest BCUT2D eigenvalue weighted by Crippen LogP contribution is 2.14. The van der Waals surface area contributed by atoms with Crippen LogP contribution in [0.1, 0.15) is 12.5 Å². The summed E-state index contributed by atoms with van der Waals surface area (Å²) in [5.74, 6) is 0.340. The van der Waals surface area contributed by atoms with Gasteiger partial charge in [-0.1, -0.05) is 12.1 Å². The molecule has 0 radical (unpaired) electrons. The normalized spacial score (nSPS) is 18.7. The molecule has 19 heavy (non-hydrogen) atoms. The first-order chi connectivity index (χ1) is 9.15. The van der Waals surface area contributed by atoms with Crippen molar-refractivity contribution in [2.45, 2.75) is 19.5 Å². The Balaban J connectivity index is 1.82. The number of rotatable bonds is 5. The molecule has 1 N–H and O–H groups in total. The van der Waals surface area contributed by atoms with E-state index in [-0.39, 0.29) is 0 Å². The van der Waals surface area contributed by atoms with Gasteiger partial charge in [-0.05, 0) is 31.7 Å². The summed E-state index contributed by atoms with van der Waals surface area (Å²) >= 11 is 0. The largest absolute Gasteiger partial charge is 0.508 e. The predicted molar refractivity (Wildman–Crippen MR) is 76.3 cm³/mol. The number of benzene rings is 1. The maximum Gasteiger partial charge on any atom is 0.115 e. The van der Waals surface area contributed by atoms with Crippen LogP contribution in [0.15, 0.2) is 24.3 Å². The number of nitrogens with zero attached hydrogens (tertiary/aromatic N) is 2. The molecule has 4 nitrogen and oxygen atoms in total. The lowest BCUT2D eigenvalue weighted by Gasteiger charge is -2.33. The van der Waals surface area contributed by atoms with E-state index in [0.29, 0.717) is 11.8 Å². The van der Waals surface area contributed by atoms with Crippen LogP contribution in [0, 0.1) is 0 Å². The number of hydrogen-bond acceptors (Lipinski definition) is 4. The van der Waals surface area contributed by atoms with Crippen molar-refractivity contribution in [3.05, 3.63) is 29.8 Å². The van der Waals surface area contributed by atoms with Gasteiger partial charge in [0.05, 0.1) is 13.2 Å². The third-order valence-electron chi connectivity index (χ3n) is 3.72. The summed E-state index contributed by atoms with van der Waals surface area (Å²) in [5.41, 5.74) is 1.15. The summed E-state index contributed by atoms with van der Waals surface area (Å²) in [7, 11) is 2.13. The van der Waals surface area contributed by atoms with E-state index in [9.17, 15) is 5.11 Å². The number of morpholine rings is 1. The lowest BCUT2D eigenvalue weighted by atomic mass is 10.1. The number of aromatic hydroxyl groups is 1. The van der Waals surface area contributed by atoms with E-state index in [2.05, 4.69) is 29.8 Å². The Morgan fingerprint density at radius 1 is 1.37 bits per heavy atom. The number of phenolic OH excluding ortho intramolecular Hbond substituents is 1. The molecule has 0 bridgehead atoms. The van der Waals surface area contributed by atoms with Gasteiger partial charge in [-0.15, -0.1) is 0 Å². The van der Waals surface area contributed by atoms with Crippen molar-refractivity contribution in [3.8, 4) is 5.75 Å². The van der Waals surface area contributed by atoms with Crippen LogP contribution in [0.2, 0.25) is 0 Å². The van der Waals surface area contributed by atoms with Gasteiger partial charge in [-0.2, -0.15) is 0 Å². The number of likely N-dealkylation sites (N-methyl/N-ethyl adjacent to an activating group) is 1. The van der Waals surface area contributed by atoms with E-state index in [0.717, 1.165) is 45.0 Å². The Morgan fingerprint density at radius 2 is 2.11 bits per heavy atom. The Kier molecular flexibility index (Phi) is 5.19. The van der Waals surface area contributed by atoms with Crippen LogP contribution < -0.4 is 0 Å². The van der Waals surface area contributed by atoms with E-state index < -0.39 is 0 Å². The molecule has 1 aromatic carbocycles. The minimum atomic E-state index is 0.340. The molecule has 0 aliphatic carbocycles. The minimum absolute atomic E-state index is 0.340. The maximum absolute atomic E-state index is 9.48. The molecule has 0 unspecified atom stereocenters. The highest BCUT2D eigenvalue weighted by molar-refractivity contribution is 5.26. The zero-order chi connectivity index (χ0) is 13.7. The summed E-state index contributed by atoms with van der Waals surface area (Å²) in [6, 6.07) is 7.97. The second-order valence-corrected chi connectivity index (χ2v) is 5.35. The van der Waals surface area contributed by atoms with Gasteiger partial charge in [0.15, 0.2) is 0 Å². The van der Waals surface area contributed by atoms with Gasteiger partial charge in [0.1, 0.15) is 5.75 Å². The molecule has 1 heterocycles. The van der Waals surface area contributed by atoms with E-state index >= 15 is 0 Å². The van der Waals surface area contributed by atoms with Crippen molar-refractivity contribution in [2.75, 3.05) is 39.9 Å². The average Bonchev–Trinajstić information content (AvgIpc) is 2.40. The van der Waals surface area contributed by atoms with Crippen molar-refractivity contribution in [3.63, 3.8) is 0 Å². The molecule has 1 aliphatic rings. The first-order valence-electron chi connectivity index (χ1n) is 6.93. The van der Waals surface area contributed by atoms with Crippen molar-refractivity contribution in [1.29, 1.82) is 0 Å². The van der Waals surface area contributed by atoms with Gasteiger partial charge in [0.2, 0.25) is 0 Å². The molecule has 106 valence electrons. The van der Waals surface area contributed by atoms with Crippen LogP contribution in [0.4, 0.5) is 0 Å². The van der Waals surface area contributed by atoms with Crippen molar-refractivity contribution >= 4 is 0 Å². The van der Waals surface area contributed by atoms with Crippen molar-refractivity contribution in [2.24, 2.45) is 0 Å². The lowest BCUT2D eigenvalue weighted by molar-refractivity contribution is 0.0262. The number of phenols is 1. The standard InChI is InChI=1S/C15H24N2O2/c1-13(11-17-6-8-19-9-7-17)16(2)12-14-4-3-5-15(18)10-14/h3-5,10,13,18H,6-9,11-12H2,1-2H3/t13-/m0/s1. The highest BCUT2D eigenvalue weighted by atomic mass is 16.5. The van der Waals surface area contributed by atoms with E-state index in [1.54, 1.807) is 6.07 Å². The molecule has 4 heteroatoms. The molecule has 1 fully saturated rings. The Hall–Kier alpha value is -1.10. The first-order valence-corrected chi connectivity index (χ1v) is 6.93.